The Labute approximate surface area is 156 Å². The number of rotatable bonds is 4. The van der Waals surface area contributed by atoms with E-state index in [-0.39, 0.29) is 0 Å². The molecule has 126 valence electrons. The molecular formula is C21H13ClN2O2. The van der Waals surface area contributed by atoms with Gasteiger partial charge in [-0.05, 0) is 53.6 Å². The molecule has 0 atom stereocenters. The average molecular weight is 361 g/mol. The van der Waals surface area contributed by atoms with Crippen molar-refractivity contribution in [1.29, 1.82) is 5.26 Å². The molecule has 0 aliphatic rings. The number of aromatic nitrogens is 1. The number of carbonyl (C=O) groups is 1. The number of pyridine rings is 1. The Hall–Kier alpha value is -3.42. The third-order valence-corrected chi connectivity index (χ3v) is 3.80. The number of halogens is 1. The first-order valence-corrected chi connectivity index (χ1v) is 8.13. The molecule has 4 nitrogen and oxygen atoms in total. The number of ether oxygens (including phenoxy) is 1. The Morgan fingerprint density at radius 1 is 1.08 bits per heavy atom. The Kier molecular flexibility index (Phi) is 5.43. The standard InChI is InChI=1S/C21H13ClN2O2/c22-19-8-6-16(7-9-19)18(13-23)11-15-3-1-5-20(12-15)26-21(25)17-4-2-10-24-14-17/h1-12,14H/b18-11-. The van der Waals surface area contributed by atoms with Gasteiger partial charge >= 0.3 is 5.97 Å². The maximum Gasteiger partial charge on any atom is 0.345 e. The highest BCUT2D eigenvalue weighted by Gasteiger charge is 2.09. The van der Waals surface area contributed by atoms with E-state index in [1.807, 2.05) is 6.07 Å². The summed E-state index contributed by atoms with van der Waals surface area (Å²) < 4.78 is 5.37. The van der Waals surface area contributed by atoms with Crippen LogP contribution in [0.2, 0.25) is 5.02 Å². The molecule has 3 aromatic rings. The van der Waals surface area contributed by atoms with Gasteiger partial charge in [-0.1, -0.05) is 35.9 Å². The number of hydrogen-bond donors (Lipinski definition) is 0. The van der Waals surface area contributed by atoms with Crippen LogP contribution in [-0.2, 0) is 0 Å². The summed E-state index contributed by atoms with van der Waals surface area (Å²) in [5.74, 6) is -0.0987. The van der Waals surface area contributed by atoms with Crippen molar-refractivity contribution < 1.29 is 9.53 Å². The molecule has 1 aromatic heterocycles. The van der Waals surface area contributed by atoms with Gasteiger partial charge in [-0.25, -0.2) is 4.79 Å². The van der Waals surface area contributed by atoms with Crippen molar-refractivity contribution in [1.82, 2.24) is 4.98 Å². The van der Waals surface area contributed by atoms with Gasteiger partial charge in [-0.3, -0.25) is 4.98 Å². The molecule has 0 amide bonds. The van der Waals surface area contributed by atoms with Crippen molar-refractivity contribution in [3.63, 3.8) is 0 Å². The summed E-state index contributed by atoms with van der Waals surface area (Å²) in [4.78, 5) is 16.0. The summed E-state index contributed by atoms with van der Waals surface area (Å²) in [6.07, 6.45) is 4.76. The van der Waals surface area contributed by atoms with Gasteiger partial charge < -0.3 is 4.74 Å². The van der Waals surface area contributed by atoms with Crippen LogP contribution in [0.4, 0.5) is 0 Å². The smallest absolute Gasteiger partial charge is 0.345 e. The first-order chi connectivity index (χ1) is 12.7. The predicted octanol–water partition coefficient (Wildman–Crippen LogP) is 5.02. The van der Waals surface area contributed by atoms with E-state index >= 15 is 0 Å². The SMILES string of the molecule is N#C/C(=C/c1cccc(OC(=O)c2cccnc2)c1)c1ccc(Cl)cc1. The fraction of sp³-hybridized carbons (Fsp3) is 0. The third kappa shape index (κ3) is 4.35. The zero-order valence-corrected chi connectivity index (χ0v) is 14.4. The number of benzene rings is 2. The number of nitrogens with zero attached hydrogens (tertiary/aromatic N) is 2. The number of allylic oxidation sites excluding steroid dienone is 1. The lowest BCUT2D eigenvalue weighted by molar-refractivity contribution is 0.0734. The fourth-order valence-electron chi connectivity index (χ4n) is 2.29. The van der Waals surface area contributed by atoms with Crippen LogP contribution in [0, 0.1) is 11.3 Å². The van der Waals surface area contributed by atoms with Gasteiger partial charge in [-0.15, -0.1) is 0 Å². The number of hydrogen-bond acceptors (Lipinski definition) is 4. The van der Waals surface area contributed by atoms with E-state index in [1.165, 1.54) is 6.20 Å². The molecule has 0 fully saturated rings. The van der Waals surface area contributed by atoms with Crippen molar-refractivity contribution in [2.45, 2.75) is 0 Å². The van der Waals surface area contributed by atoms with Gasteiger partial charge in [0.2, 0.25) is 0 Å². The molecule has 0 aliphatic carbocycles. The molecule has 0 bridgehead atoms. The van der Waals surface area contributed by atoms with E-state index in [4.69, 9.17) is 16.3 Å². The highest BCUT2D eigenvalue weighted by molar-refractivity contribution is 6.30. The van der Waals surface area contributed by atoms with E-state index < -0.39 is 5.97 Å². The van der Waals surface area contributed by atoms with Gasteiger partial charge in [0, 0.05) is 17.4 Å². The lowest BCUT2D eigenvalue weighted by Gasteiger charge is -2.05. The minimum atomic E-state index is -0.488. The van der Waals surface area contributed by atoms with Crippen LogP contribution in [0.5, 0.6) is 5.75 Å². The molecule has 0 spiro atoms. The van der Waals surface area contributed by atoms with Gasteiger partial charge in [0.25, 0.3) is 0 Å². The summed E-state index contributed by atoms with van der Waals surface area (Å²) >= 11 is 5.88. The Balaban J connectivity index is 1.83. The molecular weight excluding hydrogens is 348 g/mol. The van der Waals surface area contributed by atoms with E-state index in [9.17, 15) is 10.1 Å². The number of carbonyl (C=O) groups excluding carboxylic acids is 1. The Bertz CT molecular complexity index is 991. The summed E-state index contributed by atoms with van der Waals surface area (Å²) in [7, 11) is 0. The lowest BCUT2D eigenvalue weighted by Crippen LogP contribution is -2.08. The second kappa shape index (κ2) is 8.11. The predicted molar refractivity (Wildman–Crippen MR) is 101 cm³/mol. The molecule has 0 radical (unpaired) electrons. The van der Waals surface area contributed by atoms with E-state index in [0.717, 1.165) is 11.1 Å². The van der Waals surface area contributed by atoms with Gasteiger partial charge in [0.15, 0.2) is 0 Å². The third-order valence-electron chi connectivity index (χ3n) is 3.55. The van der Waals surface area contributed by atoms with E-state index in [0.29, 0.717) is 21.9 Å². The van der Waals surface area contributed by atoms with E-state index in [1.54, 1.807) is 66.9 Å². The topological polar surface area (TPSA) is 63.0 Å². The molecule has 0 saturated heterocycles. The average Bonchev–Trinajstić information content (AvgIpc) is 2.68. The minimum absolute atomic E-state index is 0.368. The van der Waals surface area contributed by atoms with Gasteiger partial charge in [0.05, 0.1) is 17.2 Å². The fourth-order valence-corrected chi connectivity index (χ4v) is 2.42. The van der Waals surface area contributed by atoms with Crippen LogP contribution in [0.25, 0.3) is 11.6 Å². The summed E-state index contributed by atoms with van der Waals surface area (Å²) in [6, 6.07) is 19.5. The molecule has 2 aromatic carbocycles. The summed E-state index contributed by atoms with van der Waals surface area (Å²) in [5.41, 5.74) is 2.35. The van der Waals surface area contributed by atoms with Crippen LogP contribution in [0.1, 0.15) is 21.5 Å². The molecule has 3 rings (SSSR count). The van der Waals surface area contributed by atoms with Crippen LogP contribution in [-0.4, -0.2) is 11.0 Å². The van der Waals surface area contributed by atoms with Crippen molar-refractivity contribution in [2.75, 3.05) is 0 Å². The second-order valence-electron chi connectivity index (χ2n) is 5.38. The van der Waals surface area contributed by atoms with Gasteiger partial charge in [0.1, 0.15) is 5.75 Å². The largest absolute Gasteiger partial charge is 0.423 e. The monoisotopic (exact) mass is 360 g/mol. The Morgan fingerprint density at radius 2 is 1.88 bits per heavy atom. The van der Waals surface area contributed by atoms with E-state index in [2.05, 4.69) is 11.1 Å². The number of esters is 1. The van der Waals surface area contributed by atoms with Crippen molar-refractivity contribution in [2.24, 2.45) is 0 Å². The summed E-state index contributed by atoms with van der Waals surface area (Å²) in [6.45, 7) is 0. The maximum atomic E-state index is 12.1. The minimum Gasteiger partial charge on any atom is -0.423 e. The first kappa shape index (κ1) is 17.4. The zero-order valence-electron chi connectivity index (χ0n) is 13.6. The normalized spacial score (nSPS) is 10.8. The van der Waals surface area contributed by atoms with Crippen LogP contribution >= 0.6 is 11.6 Å². The molecule has 0 aliphatic heterocycles. The summed E-state index contributed by atoms with van der Waals surface area (Å²) in [5, 5.41) is 10.0. The van der Waals surface area contributed by atoms with Crippen molar-refractivity contribution >= 4 is 29.2 Å². The van der Waals surface area contributed by atoms with Crippen LogP contribution in [0.3, 0.4) is 0 Å². The highest BCUT2D eigenvalue weighted by Crippen LogP contribution is 2.22. The van der Waals surface area contributed by atoms with Crippen LogP contribution in [0.15, 0.2) is 73.1 Å². The highest BCUT2D eigenvalue weighted by atomic mass is 35.5. The molecule has 0 saturated carbocycles. The number of nitriles is 1. The van der Waals surface area contributed by atoms with Crippen LogP contribution < -0.4 is 4.74 Å². The second-order valence-corrected chi connectivity index (χ2v) is 5.82. The van der Waals surface area contributed by atoms with Gasteiger partial charge in [-0.2, -0.15) is 5.26 Å². The Morgan fingerprint density at radius 3 is 2.58 bits per heavy atom. The molecule has 0 N–H and O–H groups in total. The molecule has 0 unspecified atom stereocenters. The molecule has 5 heteroatoms. The molecule has 1 heterocycles. The zero-order chi connectivity index (χ0) is 18.4. The maximum absolute atomic E-state index is 12.1. The first-order valence-electron chi connectivity index (χ1n) is 7.76. The molecule has 26 heavy (non-hydrogen) atoms. The van der Waals surface area contributed by atoms with Crippen molar-refractivity contribution in [3.05, 3.63) is 94.8 Å². The van der Waals surface area contributed by atoms with Crippen molar-refractivity contribution in [3.8, 4) is 11.8 Å². The lowest BCUT2D eigenvalue weighted by atomic mass is 10.0. The quantitative estimate of drug-likeness (QED) is 0.283.